The van der Waals surface area contributed by atoms with Gasteiger partial charge in [0.05, 0.1) is 17.3 Å². The van der Waals surface area contributed by atoms with E-state index in [1.165, 1.54) is 5.56 Å². The van der Waals surface area contributed by atoms with Crippen molar-refractivity contribution in [3.8, 4) is 11.8 Å². The number of rotatable bonds is 4. The molecule has 0 N–H and O–H groups in total. The molecule has 1 aliphatic heterocycles. The standard InChI is InChI=1S/C19H19N7/c20-14-16-5-4-6-17(13-16)15-24-9-11-25(12-10-24)19-21-22-23-26(19)18-7-2-1-3-8-18/h1-8,13H,9-12,15H2. The van der Waals surface area contributed by atoms with Gasteiger partial charge in [0, 0.05) is 32.7 Å². The van der Waals surface area contributed by atoms with Crippen molar-refractivity contribution in [1.29, 1.82) is 5.26 Å². The topological polar surface area (TPSA) is 73.9 Å². The Bertz CT molecular complexity index is 905. The second kappa shape index (κ2) is 7.33. The highest BCUT2D eigenvalue weighted by Gasteiger charge is 2.22. The maximum absolute atomic E-state index is 9.04. The minimum Gasteiger partial charge on any atom is -0.337 e. The number of piperazine rings is 1. The van der Waals surface area contributed by atoms with Crippen molar-refractivity contribution in [2.24, 2.45) is 0 Å². The van der Waals surface area contributed by atoms with E-state index in [4.69, 9.17) is 5.26 Å². The number of hydrogen-bond donors (Lipinski definition) is 0. The zero-order valence-electron chi connectivity index (χ0n) is 14.4. The summed E-state index contributed by atoms with van der Waals surface area (Å²) in [6.07, 6.45) is 0. The number of nitriles is 1. The van der Waals surface area contributed by atoms with Gasteiger partial charge in [0.2, 0.25) is 5.95 Å². The fourth-order valence-electron chi connectivity index (χ4n) is 3.22. The Morgan fingerprint density at radius 2 is 1.77 bits per heavy atom. The Morgan fingerprint density at radius 1 is 0.962 bits per heavy atom. The van der Waals surface area contributed by atoms with E-state index in [0.29, 0.717) is 5.56 Å². The molecule has 1 fully saturated rings. The molecule has 130 valence electrons. The molecule has 26 heavy (non-hydrogen) atoms. The zero-order valence-corrected chi connectivity index (χ0v) is 14.4. The van der Waals surface area contributed by atoms with Crippen molar-refractivity contribution in [2.45, 2.75) is 6.54 Å². The number of anilines is 1. The fraction of sp³-hybridized carbons (Fsp3) is 0.263. The molecule has 1 saturated heterocycles. The summed E-state index contributed by atoms with van der Waals surface area (Å²) in [7, 11) is 0. The Labute approximate surface area is 152 Å². The third kappa shape index (κ3) is 3.41. The minimum absolute atomic E-state index is 0.711. The molecule has 0 saturated carbocycles. The fourth-order valence-corrected chi connectivity index (χ4v) is 3.22. The summed E-state index contributed by atoms with van der Waals surface area (Å²) in [6.45, 7) is 4.44. The van der Waals surface area contributed by atoms with Gasteiger partial charge in [0.1, 0.15) is 0 Å². The van der Waals surface area contributed by atoms with Gasteiger partial charge < -0.3 is 4.90 Å². The summed E-state index contributed by atoms with van der Waals surface area (Å²) in [4.78, 5) is 4.61. The number of tetrazole rings is 1. The van der Waals surface area contributed by atoms with Gasteiger partial charge >= 0.3 is 0 Å². The summed E-state index contributed by atoms with van der Waals surface area (Å²) < 4.78 is 1.78. The number of hydrogen-bond acceptors (Lipinski definition) is 6. The van der Waals surface area contributed by atoms with Crippen LogP contribution in [0.5, 0.6) is 0 Å². The first-order chi connectivity index (χ1) is 12.8. The van der Waals surface area contributed by atoms with Crippen LogP contribution in [0.15, 0.2) is 54.6 Å². The van der Waals surface area contributed by atoms with E-state index < -0.39 is 0 Å². The third-order valence-corrected chi connectivity index (χ3v) is 4.57. The average Bonchev–Trinajstić information content (AvgIpc) is 3.19. The highest BCUT2D eigenvalue weighted by Crippen LogP contribution is 2.18. The second-order valence-corrected chi connectivity index (χ2v) is 6.30. The predicted molar refractivity (Wildman–Crippen MR) is 97.8 cm³/mol. The Hall–Kier alpha value is -3.24. The van der Waals surface area contributed by atoms with E-state index in [2.05, 4.69) is 37.5 Å². The van der Waals surface area contributed by atoms with Crippen molar-refractivity contribution in [3.63, 3.8) is 0 Å². The molecule has 7 heteroatoms. The first-order valence-corrected chi connectivity index (χ1v) is 8.63. The Balaban J connectivity index is 1.42. The highest BCUT2D eigenvalue weighted by molar-refractivity contribution is 5.41. The van der Waals surface area contributed by atoms with Crippen molar-refractivity contribution < 1.29 is 0 Å². The molecule has 0 aliphatic carbocycles. The van der Waals surface area contributed by atoms with E-state index in [-0.39, 0.29) is 0 Å². The second-order valence-electron chi connectivity index (χ2n) is 6.30. The minimum atomic E-state index is 0.711. The van der Waals surface area contributed by atoms with E-state index >= 15 is 0 Å². The lowest BCUT2D eigenvalue weighted by Crippen LogP contribution is -2.46. The molecule has 4 rings (SSSR count). The van der Waals surface area contributed by atoms with Gasteiger partial charge in [0.25, 0.3) is 0 Å². The lowest BCUT2D eigenvalue weighted by Gasteiger charge is -2.34. The van der Waals surface area contributed by atoms with Crippen LogP contribution in [0.25, 0.3) is 5.69 Å². The van der Waals surface area contributed by atoms with Gasteiger partial charge in [-0.05, 0) is 40.3 Å². The van der Waals surface area contributed by atoms with Crippen LogP contribution in [0, 0.1) is 11.3 Å². The zero-order chi connectivity index (χ0) is 17.8. The van der Waals surface area contributed by atoms with Crippen molar-refractivity contribution in [1.82, 2.24) is 25.1 Å². The first kappa shape index (κ1) is 16.2. The van der Waals surface area contributed by atoms with E-state index in [0.717, 1.165) is 44.4 Å². The molecule has 0 unspecified atom stereocenters. The highest BCUT2D eigenvalue weighted by atomic mass is 15.6. The van der Waals surface area contributed by atoms with Gasteiger partial charge in [0.15, 0.2) is 0 Å². The van der Waals surface area contributed by atoms with Gasteiger partial charge in [-0.3, -0.25) is 4.90 Å². The van der Waals surface area contributed by atoms with Crippen LogP contribution in [0.1, 0.15) is 11.1 Å². The molecular weight excluding hydrogens is 326 g/mol. The summed E-state index contributed by atoms with van der Waals surface area (Å²) in [5, 5.41) is 21.3. The maximum Gasteiger partial charge on any atom is 0.250 e. The van der Waals surface area contributed by atoms with Gasteiger partial charge in [-0.2, -0.15) is 9.94 Å². The van der Waals surface area contributed by atoms with Gasteiger partial charge in [-0.25, -0.2) is 0 Å². The molecule has 2 heterocycles. The van der Waals surface area contributed by atoms with E-state index in [1.54, 1.807) is 4.68 Å². The smallest absolute Gasteiger partial charge is 0.250 e. The van der Waals surface area contributed by atoms with E-state index in [9.17, 15) is 0 Å². The summed E-state index contributed by atoms with van der Waals surface area (Å²) in [6, 6.07) is 20.0. The summed E-state index contributed by atoms with van der Waals surface area (Å²) >= 11 is 0. The van der Waals surface area contributed by atoms with Crippen LogP contribution in [0.2, 0.25) is 0 Å². The van der Waals surface area contributed by atoms with Crippen LogP contribution in [0.3, 0.4) is 0 Å². The predicted octanol–water partition coefficient (Wildman–Crippen LogP) is 1.86. The molecular formula is C19H19N7. The van der Waals surface area contributed by atoms with Gasteiger partial charge in [-0.1, -0.05) is 35.4 Å². The third-order valence-electron chi connectivity index (χ3n) is 4.57. The van der Waals surface area contributed by atoms with Crippen molar-refractivity contribution in [2.75, 3.05) is 31.1 Å². The van der Waals surface area contributed by atoms with Crippen molar-refractivity contribution >= 4 is 5.95 Å². The van der Waals surface area contributed by atoms with E-state index in [1.807, 2.05) is 48.5 Å². The van der Waals surface area contributed by atoms with Crippen LogP contribution >= 0.6 is 0 Å². The van der Waals surface area contributed by atoms with Crippen LogP contribution in [-0.4, -0.2) is 51.3 Å². The van der Waals surface area contributed by atoms with Crippen LogP contribution < -0.4 is 4.90 Å². The number of aromatic nitrogens is 4. The SMILES string of the molecule is N#Cc1cccc(CN2CCN(c3nnnn3-c3ccccc3)CC2)c1. The monoisotopic (exact) mass is 345 g/mol. The quantitative estimate of drug-likeness (QED) is 0.718. The average molecular weight is 345 g/mol. The summed E-state index contributed by atoms with van der Waals surface area (Å²) in [5.41, 5.74) is 2.85. The molecule has 1 aliphatic rings. The Morgan fingerprint density at radius 3 is 2.54 bits per heavy atom. The molecule has 7 nitrogen and oxygen atoms in total. The molecule has 0 radical (unpaired) electrons. The first-order valence-electron chi connectivity index (χ1n) is 8.63. The molecule has 0 spiro atoms. The lowest BCUT2D eigenvalue weighted by molar-refractivity contribution is 0.248. The molecule has 1 aromatic heterocycles. The van der Waals surface area contributed by atoms with Crippen LogP contribution in [-0.2, 0) is 6.54 Å². The lowest BCUT2D eigenvalue weighted by atomic mass is 10.1. The largest absolute Gasteiger partial charge is 0.337 e. The Kier molecular flexibility index (Phi) is 4.58. The normalized spacial score (nSPS) is 15.0. The molecule has 2 aromatic carbocycles. The molecule has 3 aromatic rings. The molecule has 0 atom stereocenters. The number of benzene rings is 2. The molecule has 0 bridgehead atoms. The molecule has 0 amide bonds. The van der Waals surface area contributed by atoms with Gasteiger partial charge in [-0.15, -0.1) is 0 Å². The number of para-hydroxylation sites is 1. The van der Waals surface area contributed by atoms with Crippen LogP contribution in [0.4, 0.5) is 5.95 Å². The van der Waals surface area contributed by atoms with Crippen molar-refractivity contribution in [3.05, 3.63) is 65.7 Å². The summed E-state index contributed by atoms with van der Waals surface area (Å²) in [5.74, 6) is 0.780. The maximum atomic E-state index is 9.04. The number of nitrogens with zero attached hydrogens (tertiary/aromatic N) is 7.